The second-order valence-electron chi connectivity index (χ2n) is 4.79. The van der Waals surface area contributed by atoms with E-state index in [9.17, 15) is 8.42 Å². The topological polar surface area (TPSA) is 97.1 Å². The fourth-order valence-corrected chi connectivity index (χ4v) is 3.23. The first kappa shape index (κ1) is 15.9. The Hall–Kier alpha value is -1.18. The molecule has 108 valence electrons. The van der Waals surface area contributed by atoms with Gasteiger partial charge in [0, 0.05) is 18.4 Å². The molecular formula is C12H22N4O2S. The van der Waals surface area contributed by atoms with Crippen LogP contribution in [0.25, 0.3) is 0 Å². The van der Waals surface area contributed by atoms with E-state index in [1.165, 1.54) is 18.5 Å². The van der Waals surface area contributed by atoms with Crippen LogP contribution in [-0.2, 0) is 10.0 Å². The third-order valence-electron chi connectivity index (χ3n) is 3.04. The summed E-state index contributed by atoms with van der Waals surface area (Å²) in [6, 6.07) is 1.39. The summed E-state index contributed by atoms with van der Waals surface area (Å²) in [6.45, 7) is 6.04. The molecule has 0 radical (unpaired) electrons. The summed E-state index contributed by atoms with van der Waals surface area (Å²) in [5.74, 6) is 5.78. The van der Waals surface area contributed by atoms with E-state index in [0.717, 1.165) is 12.8 Å². The Morgan fingerprint density at radius 3 is 2.68 bits per heavy atom. The number of anilines is 1. The number of sulfonamides is 1. The average molecular weight is 286 g/mol. The molecule has 0 aliphatic carbocycles. The Morgan fingerprint density at radius 1 is 1.42 bits per heavy atom. The van der Waals surface area contributed by atoms with E-state index in [2.05, 4.69) is 29.0 Å². The quantitative estimate of drug-likeness (QED) is 0.521. The van der Waals surface area contributed by atoms with Crippen molar-refractivity contribution in [2.45, 2.75) is 44.6 Å². The van der Waals surface area contributed by atoms with Crippen molar-refractivity contribution < 1.29 is 8.42 Å². The number of hydrazine groups is 1. The lowest BCUT2D eigenvalue weighted by atomic mass is 10.0. The standard InChI is InChI=1S/C12H22N4O2S/c1-4-9(2)7-10(3)16-19(17,18)12-8-14-6-5-11(12)15-13/h5-6,8-10,16H,4,7,13H2,1-3H3,(H,14,15). The van der Waals surface area contributed by atoms with Gasteiger partial charge in [0.2, 0.25) is 10.0 Å². The van der Waals surface area contributed by atoms with Crippen LogP contribution in [0.2, 0.25) is 0 Å². The first-order valence-corrected chi connectivity index (χ1v) is 7.82. The SMILES string of the molecule is CCC(C)CC(C)NS(=O)(=O)c1cnccc1NN. The third-order valence-corrected chi connectivity index (χ3v) is 4.66. The van der Waals surface area contributed by atoms with Crippen molar-refractivity contribution in [1.29, 1.82) is 0 Å². The lowest BCUT2D eigenvalue weighted by molar-refractivity contribution is 0.445. The van der Waals surface area contributed by atoms with Gasteiger partial charge in [-0.05, 0) is 25.3 Å². The second kappa shape index (κ2) is 6.83. The third kappa shape index (κ3) is 4.45. The molecule has 0 aromatic carbocycles. The van der Waals surface area contributed by atoms with Crippen LogP contribution in [0.3, 0.4) is 0 Å². The van der Waals surface area contributed by atoms with Crippen LogP contribution in [0.4, 0.5) is 5.69 Å². The van der Waals surface area contributed by atoms with Crippen molar-refractivity contribution in [2.75, 3.05) is 5.43 Å². The van der Waals surface area contributed by atoms with Crippen molar-refractivity contribution in [2.24, 2.45) is 11.8 Å². The Bertz CT molecular complexity index is 504. The number of nitrogen functional groups attached to an aromatic ring is 1. The Labute approximate surface area is 114 Å². The second-order valence-corrected chi connectivity index (χ2v) is 6.47. The molecule has 1 aromatic rings. The largest absolute Gasteiger partial charge is 0.323 e. The fraction of sp³-hybridized carbons (Fsp3) is 0.583. The molecule has 2 atom stereocenters. The summed E-state index contributed by atoms with van der Waals surface area (Å²) in [5.41, 5.74) is 2.70. The minimum Gasteiger partial charge on any atom is -0.323 e. The smallest absolute Gasteiger partial charge is 0.244 e. The Morgan fingerprint density at radius 2 is 2.11 bits per heavy atom. The molecule has 4 N–H and O–H groups in total. The maximum Gasteiger partial charge on any atom is 0.244 e. The number of nitrogens with zero attached hydrogens (tertiary/aromatic N) is 1. The Kier molecular flexibility index (Phi) is 5.71. The van der Waals surface area contributed by atoms with Gasteiger partial charge in [0.1, 0.15) is 4.90 Å². The maximum absolute atomic E-state index is 12.2. The highest BCUT2D eigenvalue weighted by Gasteiger charge is 2.21. The zero-order chi connectivity index (χ0) is 14.5. The summed E-state index contributed by atoms with van der Waals surface area (Å²) in [4.78, 5) is 3.89. The van der Waals surface area contributed by atoms with Crippen LogP contribution in [0.1, 0.15) is 33.6 Å². The van der Waals surface area contributed by atoms with E-state index >= 15 is 0 Å². The minimum absolute atomic E-state index is 0.0634. The van der Waals surface area contributed by atoms with Gasteiger partial charge in [0.05, 0.1) is 5.69 Å². The van der Waals surface area contributed by atoms with Gasteiger partial charge in [-0.2, -0.15) is 0 Å². The van der Waals surface area contributed by atoms with Gasteiger partial charge in [-0.25, -0.2) is 13.1 Å². The minimum atomic E-state index is -3.61. The molecule has 0 spiro atoms. The van der Waals surface area contributed by atoms with Crippen LogP contribution in [0, 0.1) is 5.92 Å². The molecule has 0 fully saturated rings. The number of nitrogens with one attached hydrogen (secondary N) is 2. The first-order chi connectivity index (χ1) is 8.90. The molecule has 19 heavy (non-hydrogen) atoms. The number of hydrogen-bond donors (Lipinski definition) is 3. The van der Waals surface area contributed by atoms with E-state index < -0.39 is 10.0 Å². The molecule has 0 aliphatic heterocycles. The van der Waals surface area contributed by atoms with Gasteiger partial charge in [0.15, 0.2) is 0 Å². The van der Waals surface area contributed by atoms with Crippen LogP contribution >= 0.6 is 0 Å². The van der Waals surface area contributed by atoms with Crippen LogP contribution in [0.15, 0.2) is 23.4 Å². The first-order valence-electron chi connectivity index (χ1n) is 6.33. The van der Waals surface area contributed by atoms with Gasteiger partial charge in [-0.15, -0.1) is 0 Å². The highest BCUT2D eigenvalue weighted by Crippen LogP contribution is 2.19. The summed E-state index contributed by atoms with van der Waals surface area (Å²) >= 11 is 0. The fourth-order valence-electron chi connectivity index (χ4n) is 1.86. The maximum atomic E-state index is 12.2. The zero-order valence-corrected chi connectivity index (χ0v) is 12.4. The molecule has 0 saturated carbocycles. The summed E-state index contributed by atoms with van der Waals surface area (Å²) < 4.78 is 27.1. The number of aromatic nitrogens is 1. The van der Waals surface area contributed by atoms with Gasteiger partial charge >= 0.3 is 0 Å². The van der Waals surface area contributed by atoms with Crippen LogP contribution < -0.4 is 16.0 Å². The lowest BCUT2D eigenvalue weighted by Gasteiger charge is -2.18. The summed E-state index contributed by atoms with van der Waals surface area (Å²) in [7, 11) is -3.61. The zero-order valence-electron chi connectivity index (χ0n) is 11.6. The molecule has 0 saturated heterocycles. The summed E-state index contributed by atoms with van der Waals surface area (Å²) in [5, 5.41) is 0. The van der Waals surface area contributed by atoms with E-state index in [1.54, 1.807) is 0 Å². The van der Waals surface area contributed by atoms with Crippen molar-refractivity contribution >= 4 is 15.7 Å². The van der Waals surface area contributed by atoms with Crippen molar-refractivity contribution in [3.8, 4) is 0 Å². The van der Waals surface area contributed by atoms with Crippen molar-refractivity contribution in [3.63, 3.8) is 0 Å². The van der Waals surface area contributed by atoms with E-state index in [1.807, 2.05) is 6.92 Å². The van der Waals surface area contributed by atoms with Gasteiger partial charge in [0.25, 0.3) is 0 Å². The van der Waals surface area contributed by atoms with Gasteiger partial charge in [-0.3, -0.25) is 10.8 Å². The Balaban J connectivity index is 2.86. The number of pyridine rings is 1. The number of nitrogens with two attached hydrogens (primary N) is 1. The molecule has 0 aliphatic rings. The van der Waals surface area contributed by atoms with E-state index in [-0.39, 0.29) is 10.9 Å². The molecule has 0 bridgehead atoms. The molecule has 1 rings (SSSR count). The molecule has 2 unspecified atom stereocenters. The molecule has 7 heteroatoms. The number of hydrogen-bond acceptors (Lipinski definition) is 5. The van der Waals surface area contributed by atoms with Gasteiger partial charge < -0.3 is 5.43 Å². The normalized spacial score (nSPS) is 14.9. The molecule has 1 heterocycles. The highest BCUT2D eigenvalue weighted by atomic mass is 32.2. The van der Waals surface area contributed by atoms with Crippen LogP contribution in [0.5, 0.6) is 0 Å². The predicted octanol–water partition coefficient (Wildman–Crippen LogP) is 1.47. The number of rotatable bonds is 7. The van der Waals surface area contributed by atoms with E-state index in [4.69, 9.17) is 5.84 Å². The van der Waals surface area contributed by atoms with Crippen molar-refractivity contribution in [3.05, 3.63) is 18.5 Å². The predicted molar refractivity (Wildman–Crippen MR) is 75.9 cm³/mol. The molecular weight excluding hydrogens is 264 g/mol. The molecule has 6 nitrogen and oxygen atoms in total. The lowest BCUT2D eigenvalue weighted by Crippen LogP contribution is -2.34. The molecule has 1 aromatic heterocycles. The van der Waals surface area contributed by atoms with Crippen molar-refractivity contribution in [1.82, 2.24) is 9.71 Å². The molecule has 0 amide bonds. The summed E-state index contributed by atoms with van der Waals surface area (Å²) in [6.07, 6.45) is 4.58. The monoisotopic (exact) mass is 286 g/mol. The van der Waals surface area contributed by atoms with Gasteiger partial charge in [-0.1, -0.05) is 20.3 Å². The van der Waals surface area contributed by atoms with Crippen LogP contribution in [-0.4, -0.2) is 19.4 Å². The average Bonchev–Trinajstić information content (AvgIpc) is 2.37. The van der Waals surface area contributed by atoms with E-state index in [0.29, 0.717) is 11.6 Å². The highest BCUT2D eigenvalue weighted by molar-refractivity contribution is 7.89.